The van der Waals surface area contributed by atoms with E-state index in [1.807, 2.05) is 6.92 Å². The van der Waals surface area contributed by atoms with Crippen LogP contribution in [0.2, 0.25) is 0 Å². The number of aromatic nitrogens is 1. The van der Waals surface area contributed by atoms with Crippen molar-refractivity contribution in [1.29, 1.82) is 0 Å². The molecule has 2 N–H and O–H groups in total. The maximum atomic E-state index is 11.6. The van der Waals surface area contributed by atoms with Gasteiger partial charge in [-0.3, -0.25) is 4.79 Å². The fraction of sp³-hybridized carbons (Fsp3) is 0.333. The first kappa shape index (κ1) is 12.2. The highest BCUT2D eigenvalue weighted by Crippen LogP contribution is 2.27. The number of azo groups is 1. The molecule has 0 aliphatic heterocycles. The summed E-state index contributed by atoms with van der Waals surface area (Å²) in [6.07, 6.45) is 2.22. The lowest BCUT2D eigenvalue weighted by Crippen LogP contribution is -2.16. The third-order valence-electron chi connectivity index (χ3n) is 2.76. The standard InChI is InChI=1S/C12H13N3O3/c1-7-2-4-9(17)11(12(7)18)15-14-10-5-3-8(16)6-13-10/h3,5-7,16,18H,2,4H2,1H3. The van der Waals surface area contributed by atoms with Crippen LogP contribution < -0.4 is 0 Å². The molecule has 1 atom stereocenters. The SMILES string of the molecule is CC1CCC(=O)C(N=Nc2ccc(O)cn2)=C1O. The second kappa shape index (κ2) is 4.95. The van der Waals surface area contributed by atoms with Gasteiger partial charge in [-0.1, -0.05) is 6.92 Å². The first-order valence-electron chi connectivity index (χ1n) is 5.61. The van der Waals surface area contributed by atoms with Gasteiger partial charge in [0.05, 0.1) is 6.20 Å². The summed E-state index contributed by atoms with van der Waals surface area (Å²) in [5.41, 5.74) is 0.00336. The Bertz CT molecular complexity index is 520. The fourth-order valence-corrected chi connectivity index (χ4v) is 1.62. The van der Waals surface area contributed by atoms with Crippen molar-refractivity contribution in [1.82, 2.24) is 4.98 Å². The van der Waals surface area contributed by atoms with Crippen LogP contribution >= 0.6 is 0 Å². The van der Waals surface area contributed by atoms with Crippen LogP contribution in [0.1, 0.15) is 19.8 Å². The van der Waals surface area contributed by atoms with Crippen LogP contribution in [0.25, 0.3) is 0 Å². The van der Waals surface area contributed by atoms with Crippen LogP contribution in [0, 0.1) is 5.92 Å². The summed E-state index contributed by atoms with van der Waals surface area (Å²) in [6, 6.07) is 2.88. The third-order valence-corrected chi connectivity index (χ3v) is 2.76. The Morgan fingerprint density at radius 2 is 2.11 bits per heavy atom. The summed E-state index contributed by atoms with van der Waals surface area (Å²) >= 11 is 0. The highest BCUT2D eigenvalue weighted by atomic mass is 16.3. The minimum Gasteiger partial charge on any atom is -0.510 e. The molecule has 0 saturated heterocycles. The zero-order chi connectivity index (χ0) is 13.1. The molecule has 0 aromatic carbocycles. The molecule has 0 spiro atoms. The first-order chi connectivity index (χ1) is 8.58. The molecule has 0 fully saturated rings. The average molecular weight is 247 g/mol. The smallest absolute Gasteiger partial charge is 0.186 e. The molecule has 1 aromatic heterocycles. The number of Topliss-reactive ketones (excluding diaryl/α,β-unsaturated/α-hetero) is 1. The minimum absolute atomic E-state index is 0.00336. The van der Waals surface area contributed by atoms with Crippen LogP contribution in [0.15, 0.2) is 40.0 Å². The molecule has 0 saturated carbocycles. The van der Waals surface area contributed by atoms with Gasteiger partial charge < -0.3 is 10.2 Å². The van der Waals surface area contributed by atoms with Crippen molar-refractivity contribution in [3.05, 3.63) is 29.8 Å². The van der Waals surface area contributed by atoms with Gasteiger partial charge in [-0.15, -0.1) is 10.2 Å². The molecule has 1 unspecified atom stereocenters. The number of carbonyl (C=O) groups is 1. The number of hydrogen-bond donors (Lipinski definition) is 2. The summed E-state index contributed by atoms with van der Waals surface area (Å²) in [5, 5.41) is 26.4. The Morgan fingerprint density at radius 3 is 2.78 bits per heavy atom. The van der Waals surface area contributed by atoms with E-state index >= 15 is 0 Å². The molecule has 1 aromatic rings. The summed E-state index contributed by atoms with van der Waals surface area (Å²) in [6.45, 7) is 1.83. The quantitative estimate of drug-likeness (QED) is 0.785. The minimum atomic E-state index is -0.215. The number of aromatic hydroxyl groups is 1. The maximum absolute atomic E-state index is 11.6. The van der Waals surface area contributed by atoms with Gasteiger partial charge in [0.15, 0.2) is 17.3 Å². The van der Waals surface area contributed by atoms with Gasteiger partial charge in [0, 0.05) is 12.3 Å². The van der Waals surface area contributed by atoms with Gasteiger partial charge in [-0.2, -0.15) is 0 Å². The number of aliphatic hydroxyl groups excluding tert-OH is 1. The number of rotatable bonds is 2. The van der Waals surface area contributed by atoms with Crippen LogP contribution in [0.4, 0.5) is 5.82 Å². The lowest BCUT2D eigenvalue weighted by molar-refractivity contribution is -0.116. The van der Waals surface area contributed by atoms with E-state index in [1.165, 1.54) is 18.3 Å². The Labute approximate surface area is 104 Å². The summed E-state index contributed by atoms with van der Waals surface area (Å²) in [5.74, 6) is -0.0242. The van der Waals surface area contributed by atoms with Gasteiger partial charge in [0.2, 0.25) is 0 Å². The van der Waals surface area contributed by atoms with Crippen molar-refractivity contribution in [2.24, 2.45) is 16.1 Å². The molecule has 2 rings (SSSR count). The number of nitrogens with zero attached hydrogens (tertiary/aromatic N) is 3. The molecule has 0 amide bonds. The second-order valence-electron chi connectivity index (χ2n) is 4.17. The maximum Gasteiger partial charge on any atom is 0.186 e. The van der Waals surface area contributed by atoms with Crippen molar-refractivity contribution >= 4 is 11.6 Å². The van der Waals surface area contributed by atoms with Crippen molar-refractivity contribution in [3.8, 4) is 5.75 Å². The van der Waals surface area contributed by atoms with Gasteiger partial charge in [0.1, 0.15) is 11.5 Å². The number of allylic oxidation sites excluding steroid dienone is 2. The van der Waals surface area contributed by atoms with Crippen LogP contribution in [0.5, 0.6) is 5.75 Å². The van der Waals surface area contributed by atoms with Crippen LogP contribution in [-0.2, 0) is 4.79 Å². The predicted molar refractivity (Wildman–Crippen MR) is 63.5 cm³/mol. The second-order valence-corrected chi connectivity index (χ2v) is 4.17. The van der Waals surface area contributed by atoms with Crippen molar-refractivity contribution in [2.45, 2.75) is 19.8 Å². The fourth-order valence-electron chi connectivity index (χ4n) is 1.62. The van der Waals surface area contributed by atoms with Crippen LogP contribution in [0.3, 0.4) is 0 Å². The Morgan fingerprint density at radius 1 is 1.33 bits per heavy atom. The highest BCUT2D eigenvalue weighted by molar-refractivity contribution is 5.96. The summed E-state index contributed by atoms with van der Waals surface area (Å²) in [4.78, 5) is 15.4. The first-order valence-corrected chi connectivity index (χ1v) is 5.61. The lowest BCUT2D eigenvalue weighted by Gasteiger charge is -2.17. The van der Waals surface area contributed by atoms with Gasteiger partial charge in [0.25, 0.3) is 0 Å². The van der Waals surface area contributed by atoms with E-state index in [2.05, 4.69) is 15.2 Å². The average Bonchev–Trinajstić information content (AvgIpc) is 2.36. The van der Waals surface area contributed by atoms with Crippen molar-refractivity contribution in [2.75, 3.05) is 0 Å². The van der Waals surface area contributed by atoms with E-state index in [0.29, 0.717) is 12.8 Å². The predicted octanol–water partition coefficient (Wildman–Crippen LogP) is 2.64. The zero-order valence-corrected chi connectivity index (χ0v) is 9.87. The molecule has 0 radical (unpaired) electrons. The zero-order valence-electron chi connectivity index (χ0n) is 9.87. The summed E-state index contributed by atoms with van der Waals surface area (Å²) < 4.78 is 0. The molecule has 1 aliphatic carbocycles. The van der Waals surface area contributed by atoms with E-state index in [0.717, 1.165) is 0 Å². The molecular formula is C12H13N3O3. The molecule has 0 bridgehead atoms. The molecule has 1 heterocycles. The van der Waals surface area contributed by atoms with E-state index < -0.39 is 0 Å². The topological polar surface area (TPSA) is 95.1 Å². The Hall–Kier alpha value is -2.24. The number of pyridine rings is 1. The van der Waals surface area contributed by atoms with E-state index in [1.54, 1.807) is 0 Å². The molecule has 94 valence electrons. The molecule has 6 nitrogen and oxygen atoms in total. The largest absolute Gasteiger partial charge is 0.510 e. The lowest BCUT2D eigenvalue weighted by atomic mass is 9.93. The molecule has 1 aliphatic rings. The normalized spacial score (nSPS) is 20.7. The molecular weight excluding hydrogens is 234 g/mol. The Kier molecular flexibility index (Phi) is 3.36. The third kappa shape index (κ3) is 2.53. The van der Waals surface area contributed by atoms with E-state index in [4.69, 9.17) is 5.11 Å². The van der Waals surface area contributed by atoms with Crippen molar-refractivity contribution < 1.29 is 15.0 Å². The van der Waals surface area contributed by atoms with Gasteiger partial charge in [-0.25, -0.2) is 4.98 Å². The van der Waals surface area contributed by atoms with E-state index in [-0.39, 0.29) is 34.7 Å². The number of ketones is 1. The van der Waals surface area contributed by atoms with Gasteiger partial charge in [-0.05, 0) is 18.6 Å². The number of hydrogen-bond acceptors (Lipinski definition) is 6. The van der Waals surface area contributed by atoms with E-state index in [9.17, 15) is 9.90 Å². The summed E-state index contributed by atoms with van der Waals surface area (Å²) in [7, 11) is 0. The highest BCUT2D eigenvalue weighted by Gasteiger charge is 2.25. The Balaban J connectivity index is 2.24. The van der Waals surface area contributed by atoms with Gasteiger partial charge >= 0.3 is 0 Å². The number of carbonyl (C=O) groups excluding carboxylic acids is 1. The van der Waals surface area contributed by atoms with Crippen LogP contribution in [-0.4, -0.2) is 21.0 Å². The van der Waals surface area contributed by atoms with Crippen molar-refractivity contribution in [3.63, 3.8) is 0 Å². The number of aliphatic hydroxyl groups is 1. The molecule has 18 heavy (non-hydrogen) atoms. The monoisotopic (exact) mass is 247 g/mol. The molecule has 6 heteroatoms.